The molecule has 0 radical (unpaired) electrons. The molecule has 4 heterocycles. The van der Waals surface area contributed by atoms with Crippen molar-refractivity contribution in [1.82, 2.24) is 34.2 Å². The predicted octanol–water partition coefficient (Wildman–Crippen LogP) is 1.89. The molecule has 4 aromatic rings. The smallest absolute Gasteiger partial charge is 0.407 e. The number of aryl methyl sites for hydroxylation is 1. The van der Waals surface area contributed by atoms with Gasteiger partial charge < -0.3 is 21.1 Å². The molecular weight excluding hydrogens is 490 g/mol. The van der Waals surface area contributed by atoms with Gasteiger partial charge in [-0.1, -0.05) is 6.92 Å². The third kappa shape index (κ3) is 3.60. The van der Waals surface area contributed by atoms with E-state index in [-0.39, 0.29) is 30.1 Å². The van der Waals surface area contributed by atoms with Crippen LogP contribution in [0.5, 0.6) is 0 Å². The largest absolute Gasteiger partial charge is 0.453 e. The molecule has 0 spiro atoms. The second kappa shape index (κ2) is 8.57. The molecule has 13 nitrogen and oxygen atoms in total. The number of hydrogen-bond donors (Lipinski definition) is 3. The van der Waals surface area contributed by atoms with Crippen LogP contribution in [0, 0.1) is 5.92 Å². The number of anilines is 2. The topological polar surface area (TPSA) is 164 Å². The van der Waals surface area contributed by atoms with E-state index in [4.69, 9.17) is 11.2 Å². The number of carbonyl (C=O) groups is 2. The van der Waals surface area contributed by atoms with E-state index >= 15 is 0 Å². The molecule has 2 aliphatic carbocycles. The van der Waals surface area contributed by atoms with Gasteiger partial charge in [0.2, 0.25) is 5.91 Å². The number of nitrogens with two attached hydrogens (primary N) is 1. The van der Waals surface area contributed by atoms with Crippen molar-refractivity contribution in [2.75, 3.05) is 12.4 Å². The van der Waals surface area contributed by atoms with Crippen LogP contribution in [-0.2, 0) is 22.0 Å². The summed E-state index contributed by atoms with van der Waals surface area (Å²) in [6, 6.07) is 3.09. The Balaban J connectivity index is 1.39. The third-order valence-electron chi connectivity index (χ3n) is 7.60. The van der Waals surface area contributed by atoms with Gasteiger partial charge in [0, 0.05) is 34.6 Å². The van der Waals surface area contributed by atoms with Crippen LogP contribution in [-0.4, -0.2) is 54.0 Å². The van der Waals surface area contributed by atoms with Crippen LogP contribution < -0.4 is 22.1 Å². The maximum atomic E-state index is 13.5. The molecule has 6 rings (SSSR count). The first-order valence-corrected chi connectivity index (χ1v) is 12.2. The molecule has 4 atom stereocenters. The van der Waals surface area contributed by atoms with Crippen LogP contribution >= 0.6 is 0 Å². The summed E-state index contributed by atoms with van der Waals surface area (Å²) in [6.07, 6.45) is 3.36. The first-order chi connectivity index (χ1) is 19.8. The number of aromatic nitrogens is 6. The number of alkyl carbamates (subject to hydrolysis) is 1. The van der Waals surface area contributed by atoms with Gasteiger partial charge in [-0.3, -0.25) is 13.9 Å². The van der Waals surface area contributed by atoms with Crippen LogP contribution in [0.2, 0.25) is 0 Å². The zero-order valence-electron chi connectivity index (χ0n) is 24.8. The van der Waals surface area contributed by atoms with E-state index in [9.17, 15) is 14.4 Å². The standard InChI is InChI=1S/C25H29N9O4/c1-13-10-25(13,22(26)35)34-21-14(11-28-34)4-7-19(31-21)30-20-9-17-18(12-27-20)32(2)24(37)33(17)16-6-5-15(8-16)29-23(36)38-3/h4,7,9,11-13,15-16H,5-6,8,10H2,1-3H3,(H2,26,35)(H,29,36)(H,27,30,31)/t13?,15-,16-,25?/m1/s1/i2D3,15D. The molecule has 0 saturated heterocycles. The number of imidazole rings is 1. The van der Waals surface area contributed by atoms with Crippen LogP contribution in [0.15, 0.2) is 35.4 Å². The van der Waals surface area contributed by atoms with Crippen molar-refractivity contribution in [3.05, 3.63) is 41.1 Å². The molecule has 2 amide bonds. The van der Waals surface area contributed by atoms with Gasteiger partial charge in [0.25, 0.3) is 0 Å². The lowest BCUT2D eigenvalue weighted by Gasteiger charge is -2.15. The Hall–Kier alpha value is -4.42. The highest BCUT2D eigenvalue weighted by Gasteiger charge is 2.59. The number of ether oxygens (including phenoxy) is 1. The fourth-order valence-electron chi connectivity index (χ4n) is 5.44. The van der Waals surface area contributed by atoms with Gasteiger partial charge in [-0.2, -0.15) is 5.10 Å². The highest BCUT2D eigenvalue weighted by molar-refractivity contribution is 5.89. The number of pyridine rings is 2. The quantitative estimate of drug-likeness (QED) is 0.345. The highest BCUT2D eigenvalue weighted by atomic mass is 16.5. The number of primary amides is 1. The molecule has 0 bridgehead atoms. The van der Waals surface area contributed by atoms with Gasteiger partial charge in [0.05, 0.1) is 31.9 Å². The lowest BCUT2D eigenvalue weighted by atomic mass is 10.2. The van der Waals surface area contributed by atoms with Gasteiger partial charge in [0.1, 0.15) is 17.2 Å². The number of amides is 2. The van der Waals surface area contributed by atoms with Crippen LogP contribution in [0.25, 0.3) is 22.1 Å². The minimum absolute atomic E-state index is 0.0143. The Labute approximate surface area is 222 Å². The van der Waals surface area contributed by atoms with E-state index < -0.39 is 42.3 Å². The third-order valence-corrected chi connectivity index (χ3v) is 7.60. The van der Waals surface area contributed by atoms with Gasteiger partial charge >= 0.3 is 11.8 Å². The Bertz CT molecular complexity index is 1810. The van der Waals surface area contributed by atoms with Gasteiger partial charge in [-0.05, 0) is 43.7 Å². The van der Waals surface area contributed by atoms with Crippen molar-refractivity contribution in [3.8, 4) is 0 Å². The Morgan fingerprint density at radius 3 is 2.79 bits per heavy atom. The number of carbonyl (C=O) groups excluding carboxylic acids is 2. The fourth-order valence-corrected chi connectivity index (χ4v) is 5.44. The van der Waals surface area contributed by atoms with Gasteiger partial charge in [-0.15, -0.1) is 0 Å². The molecule has 38 heavy (non-hydrogen) atoms. The minimum Gasteiger partial charge on any atom is -0.453 e. The average Bonchev–Trinajstić information content (AvgIpc) is 3.19. The summed E-state index contributed by atoms with van der Waals surface area (Å²) in [5, 5.41) is 10.7. The molecule has 0 aromatic carbocycles. The predicted molar refractivity (Wildman–Crippen MR) is 139 cm³/mol. The maximum absolute atomic E-state index is 13.5. The minimum atomic E-state index is -2.78. The van der Waals surface area contributed by atoms with Crippen LogP contribution in [0.3, 0.4) is 0 Å². The summed E-state index contributed by atoms with van der Waals surface area (Å²) in [5.41, 5.74) is 4.87. The highest BCUT2D eigenvalue weighted by Crippen LogP contribution is 2.50. The van der Waals surface area contributed by atoms with E-state index in [0.717, 1.165) is 0 Å². The van der Waals surface area contributed by atoms with E-state index in [0.29, 0.717) is 39.8 Å². The average molecular weight is 524 g/mol. The molecule has 4 N–H and O–H groups in total. The molecule has 2 aliphatic rings. The second-order valence-corrected chi connectivity index (χ2v) is 9.85. The maximum Gasteiger partial charge on any atom is 0.407 e. The normalized spacial score (nSPS) is 28.4. The number of methoxy groups -OCH3 is 1. The first kappa shape index (κ1) is 19.7. The van der Waals surface area contributed by atoms with Crippen molar-refractivity contribution in [1.29, 1.82) is 0 Å². The van der Waals surface area contributed by atoms with E-state index in [1.165, 1.54) is 17.9 Å². The summed E-state index contributed by atoms with van der Waals surface area (Å²) in [7, 11) is 1.20. The summed E-state index contributed by atoms with van der Waals surface area (Å²) in [6.45, 7) is -0.857. The van der Waals surface area contributed by atoms with Crippen molar-refractivity contribution < 1.29 is 19.8 Å². The summed E-state index contributed by atoms with van der Waals surface area (Å²) in [5.74, 6) is 0.195. The van der Waals surface area contributed by atoms with Crippen molar-refractivity contribution in [2.45, 2.75) is 50.2 Å². The lowest BCUT2D eigenvalue weighted by Crippen LogP contribution is -2.36. The number of rotatable bonds is 6. The number of nitrogens with one attached hydrogen (secondary N) is 2. The zero-order valence-corrected chi connectivity index (χ0v) is 20.8. The van der Waals surface area contributed by atoms with E-state index in [1.54, 1.807) is 29.1 Å². The molecule has 2 unspecified atom stereocenters. The van der Waals surface area contributed by atoms with Crippen molar-refractivity contribution in [2.24, 2.45) is 18.6 Å². The van der Waals surface area contributed by atoms with Crippen LogP contribution in [0.1, 0.15) is 44.1 Å². The fraction of sp³-hybridized carbons (Fsp3) is 0.440. The second-order valence-electron chi connectivity index (χ2n) is 9.85. The van der Waals surface area contributed by atoms with E-state index in [1.807, 2.05) is 6.92 Å². The number of hydrogen-bond acceptors (Lipinski definition) is 8. The van der Waals surface area contributed by atoms with Crippen molar-refractivity contribution >= 4 is 45.7 Å². The molecule has 4 aromatic heterocycles. The SMILES string of the molecule is [2H]C([2H])([2H])n1c(=O)n([C@@H]2CC[C@@]([2H])(NC(=O)OC)C2)c2cc(Nc3ccc4cnn(C5(C(N)=O)CC5C)c4n3)ncc21. The van der Waals surface area contributed by atoms with Crippen LogP contribution in [0.4, 0.5) is 16.4 Å². The molecule has 2 fully saturated rings. The molecule has 198 valence electrons. The monoisotopic (exact) mass is 523 g/mol. The number of nitrogens with zero attached hydrogens (tertiary/aromatic N) is 6. The Kier molecular flexibility index (Phi) is 4.43. The Morgan fingerprint density at radius 1 is 1.26 bits per heavy atom. The zero-order chi connectivity index (χ0) is 30.2. The molecule has 0 aliphatic heterocycles. The summed E-state index contributed by atoms with van der Waals surface area (Å²) in [4.78, 5) is 46.6. The Morgan fingerprint density at radius 2 is 2.08 bits per heavy atom. The molecule has 13 heteroatoms. The molecule has 2 saturated carbocycles. The lowest BCUT2D eigenvalue weighted by molar-refractivity contribution is -0.123. The summed E-state index contributed by atoms with van der Waals surface area (Å²) < 4.78 is 40.8. The van der Waals surface area contributed by atoms with Crippen molar-refractivity contribution in [3.63, 3.8) is 0 Å². The molecular formula is C25H29N9O4. The van der Waals surface area contributed by atoms with Gasteiger partial charge in [0.15, 0.2) is 5.65 Å². The summed E-state index contributed by atoms with van der Waals surface area (Å²) >= 11 is 0. The first-order valence-electron chi connectivity index (χ1n) is 14.2. The van der Waals surface area contributed by atoms with E-state index in [2.05, 4.69) is 30.4 Å². The number of fused-ring (bicyclic) bond motifs is 2. The van der Waals surface area contributed by atoms with Gasteiger partial charge in [-0.25, -0.2) is 24.2 Å².